The first-order valence-corrected chi connectivity index (χ1v) is 6.53. The van der Waals surface area contributed by atoms with E-state index < -0.39 is 0 Å². The lowest BCUT2D eigenvalue weighted by Gasteiger charge is -2.06. The molecule has 1 heterocycles. The first-order valence-electron chi connectivity index (χ1n) is 6.15. The van der Waals surface area contributed by atoms with Crippen molar-refractivity contribution in [3.63, 3.8) is 0 Å². The van der Waals surface area contributed by atoms with Gasteiger partial charge in [0.25, 0.3) is 0 Å². The molecule has 0 aromatic carbocycles. The molecule has 0 aliphatic rings. The molecule has 0 amide bonds. The van der Waals surface area contributed by atoms with Gasteiger partial charge in [-0.25, -0.2) is 0 Å². The molecule has 6 heteroatoms. The molecule has 1 aromatic rings. The Hall–Kier alpha value is -1.10. The molecule has 96 valence electrons. The Morgan fingerprint density at radius 3 is 2.29 bits per heavy atom. The van der Waals surface area contributed by atoms with E-state index in [1.165, 1.54) is 19.3 Å². The molecule has 0 atom stereocenters. The van der Waals surface area contributed by atoms with Gasteiger partial charge in [0, 0.05) is 13.1 Å². The van der Waals surface area contributed by atoms with E-state index in [1.54, 1.807) is 0 Å². The molecule has 0 spiro atoms. The van der Waals surface area contributed by atoms with Gasteiger partial charge in [-0.1, -0.05) is 26.2 Å². The molecule has 0 fully saturated rings. The van der Waals surface area contributed by atoms with Crippen molar-refractivity contribution in [2.45, 2.75) is 39.5 Å². The SMILES string of the molecule is CCCCCCNc1nc(Cl)nc(NCC)n1. The minimum absolute atomic E-state index is 0.215. The number of hydrogen-bond acceptors (Lipinski definition) is 5. The first kappa shape index (κ1) is 14.0. The van der Waals surface area contributed by atoms with Gasteiger partial charge in [-0.05, 0) is 24.9 Å². The van der Waals surface area contributed by atoms with Crippen LogP contribution in [0.1, 0.15) is 39.5 Å². The summed E-state index contributed by atoms with van der Waals surface area (Å²) in [5, 5.41) is 6.38. The highest BCUT2D eigenvalue weighted by atomic mass is 35.5. The molecule has 0 radical (unpaired) electrons. The molecule has 0 aliphatic carbocycles. The van der Waals surface area contributed by atoms with Crippen LogP contribution in [0.25, 0.3) is 0 Å². The summed E-state index contributed by atoms with van der Waals surface area (Å²) >= 11 is 5.81. The monoisotopic (exact) mass is 257 g/mol. The fourth-order valence-corrected chi connectivity index (χ4v) is 1.58. The molecule has 5 nitrogen and oxygen atoms in total. The van der Waals surface area contributed by atoms with Crippen LogP contribution in [0.5, 0.6) is 0 Å². The molecule has 1 rings (SSSR count). The van der Waals surface area contributed by atoms with E-state index in [1.807, 2.05) is 6.92 Å². The molecule has 1 aromatic heterocycles. The quantitative estimate of drug-likeness (QED) is 0.701. The molecule has 0 bridgehead atoms. The van der Waals surface area contributed by atoms with Crippen molar-refractivity contribution >= 4 is 23.5 Å². The summed E-state index contributed by atoms with van der Waals surface area (Å²) in [4.78, 5) is 12.2. The predicted octanol–water partition coefficient (Wildman–Crippen LogP) is 2.95. The van der Waals surface area contributed by atoms with Crippen LogP contribution >= 0.6 is 11.6 Å². The van der Waals surface area contributed by atoms with Gasteiger partial charge >= 0.3 is 0 Å². The van der Waals surface area contributed by atoms with Crippen LogP contribution < -0.4 is 10.6 Å². The third kappa shape index (κ3) is 5.68. The minimum atomic E-state index is 0.215. The number of rotatable bonds is 8. The fourth-order valence-electron chi connectivity index (χ4n) is 1.42. The molecular formula is C11H20ClN5. The van der Waals surface area contributed by atoms with Crippen LogP contribution in [0.3, 0.4) is 0 Å². The van der Waals surface area contributed by atoms with Crippen molar-refractivity contribution < 1.29 is 0 Å². The van der Waals surface area contributed by atoms with E-state index in [9.17, 15) is 0 Å². The average Bonchev–Trinajstić information content (AvgIpc) is 2.28. The van der Waals surface area contributed by atoms with Gasteiger partial charge in [0.1, 0.15) is 0 Å². The van der Waals surface area contributed by atoms with Crippen LogP contribution in [0.4, 0.5) is 11.9 Å². The number of unbranched alkanes of at least 4 members (excludes halogenated alkanes) is 3. The third-order valence-corrected chi connectivity index (χ3v) is 2.43. The molecule has 0 saturated carbocycles. The van der Waals surface area contributed by atoms with Crippen molar-refractivity contribution in [3.05, 3.63) is 5.28 Å². The van der Waals surface area contributed by atoms with Crippen LogP contribution in [0.15, 0.2) is 0 Å². The van der Waals surface area contributed by atoms with Crippen molar-refractivity contribution in [2.75, 3.05) is 23.7 Å². The number of anilines is 2. The highest BCUT2D eigenvalue weighted by molar-refractivity contribution is 6.28. The lowest BCUT2D eigenvalue weighted by atomic mass is 10.2. The Morgan fingerprint density at radius 1 is 0.941 bits per heavy atom. The number of aromatic nitrogens is 3. The number of nitrogens with zero attached hydrogens (tertiary/aromatic N) is 3. The lowest BCUT2D eigenvalue weighted by molar-refractivity contribution is 0.683. The standard InChI is InChI=1S/C11H20ClN5/c1-3-5-6-7-8-14-11-16-9(12)15-10(17-11)13-4-2/h3-8H2,1-2H3,(H2,13,14,15,16,17). The second-order valence-corrected chi connectivity index (χ2v) is 4.11. The van der Waals surface area contributed by atoms with Gasteiger partial charge in [-0.15, -0.1) is 0 Å². The summed E-state index contributed by atoms with van der Waals surface area (Å²) in [6.07, 6.45) is 4.85. The zero-order valence-electron chi connectivity index (χ0n) is 10.5. The molecule has 0 saturated heterocycles. The van der Waals surface area contributed by atoms with Crippen LogP contribution in [-0.4, -0.2) is 28.0 Å². The minimum Gasteiger partial charge on any atom is -0.354 e. The third-order valence-electron chi connectivity index (χ3n) is 2.26. The lowest BCUT2D eigenvalue weighted by Crippen LogP contribution is -2.09. The van der Waals surface area contributed by atoms with E-state index in [2.05, 4.69) is 32.5 Å². The molecule has 17 heavy (non-hydrogen) atoms. The second-order valence-electron chi connectivity index (χ2n) is 3.77. The molecule has 2 N–H and O–H groups in total. The van der Waals surface area contributed by atoms with E-state index >= 15 is 0 Å². The van der Waals surface area contributed by atoms with Crippen LogP contribution in [0, 0.1) is 0 Å². The van der Waals surface area contributed by atoms with Crippen molar-refractivity contribution in [2.24, 2.45) is 0 Å². The predicted molar refractivity (Wildman–Crippen MR) is 71.6 cm³/mol. The zero-order valence-corrected chi connectivity index (χ0v) is 11.2. The number of hydrogen-bond donors (Lipinski definition) is 2. The average molecular weight is 258 g/mol. The first-order chi connectivity index (χ1) is 8.26. The van der Waals surface area contributed by atoms with E-state index in [4.69, 9.17) is 11.6 Å². The van der Waals surface area contributed by atoms with E-state index in [0.29, 0.717) is 11.9 Å². The van der Waals surface area contributed by atoms with Crippen LogP contribution in [-0.2, 0) is 0 Å². The Kier molecular flexibility index (Phi) is 6.62. The van der Waals surface area contributed by atoms with Gasteiger partial charge in [-0.3, -0.25) is 0 Å². The molecule has 0 unspecified atom stereocenters. The zero-order chi connectivity index (χ0) is 12.5. The van der Waals surface area contributed by atoms with Gasteiger partial charge in [0.05, 0.1) is 0 Å². The summed E-state index contributed by atoms with van der Waals surface area (Å²) in [7, 11) is 0. The summed E-state index contributed by atoms with van der Waals surface area (Å²) in [6, 6.07) is 0. The van der Waals surface area contributed by atoms with Gasteiger partial charge < -0.3 is 10.6 Å². The Bertz CT molecular complexity index is 332. The van der Waals surface area contributed by atoms with Crippen LogP contribution in [0.2, 0.25) is 5.28 Å². The number of nitrogens with one attached hydrogen (secondary N) is 2. The summed E-state index contributed by atoms with van der Waals surface area (Å²) in [5.41, 5.74) is 0. The summed E-state index contributed by atoms with van der Waals surface area (Å²) in [6.45, 7) is 5.81. The Balaban J connectivity index is 2.41. The largest absolute Gasteiger partial charge is 0.354 e. The summed E-state index contributed by atoms with van der Waals surface area (Å²) < 4.78 is 0. The topological polar surface area (TPSA) is 62.7 Å². The van der Waals surface area contributed by atoms with E-state index in [0.717, 1.165) is 19.5 Å². The van der Waals surface area contributed by atoms with Gasteiger partial charge in [0.15, 0.2) is 0 Å². The Morgan fingerprint density at radius 2 is 1.65 bits per heavy atom. The maximum absolute atomic E-state index is 5.81. The van der Waals surface area contributed by atoms with Crippen molar-refractivity contribution in [3.8, 4) is 0 Å². The fraction of sp³-hybridized carbons (Fsp3) is 0.727. The molecular weight excluding hydrogens is 238 g/mol. The van der Waals surface area contributed by atoms with Gasteiger partial charge in [0.2, 0.25) is 17.2 Å². The van der Waals surface area contributed by atoms with Crippen molar-refractivity contribution in [1.82, 2.24) is 15.0 Å². The highest BCUT2D eigenvalue weighted by Crippen LogP contribution is 2.09. The number of halogens is 1. The normalized spacial score (nSPS) is 10.3. The highest BCUT2D eigenvalue weighted by Gasteiger charge is 2.03. The summed E-state index contributed by atoms with van der Waals surface area (Å²) in [5.74, 6) is 1.06. The molecule has 0 aliphatic heterocycles. The maximum atomic E-state index is 5.81. The van der Waals surface area contributed by atoms with Crippen molar-refractivity contribution in [1.29, 1.82) is 0 Å². The Labute approximate surface area is 107 Å². The smallest absolute Gasteiger partial charge is 0.228 e. The maximum Gasteiger partial charge on any atom is 0.228 e. The second kappa shape index (κ2) is 8.06. The van der Waals surface area contributed by atoms with E-state index in [-0.39, 0.29) is 5.28 Å². The van der Waals surface area contributed by atoms with Gasteiger partial charge in [-0.2, -0.15) is 15.0 Å².